The highest BCUT2D eigenvalue weighted by Gasteiger charge is 2.11. The summed E-state index contributed by atoms with van der Waals surface area (Å²) in [4.78, 5) is 24.9. The van der Waals surface area contributed by atoms with Crippen molar-refractivity contribution in [2.24, 2.45) is 12.8 Å². The van der Waals surface area contributed by atoms with Crippen LogP contribution in [-0.2, 0) is 20.0 Å². The average Bonchev–Trinajstić information content (AvgIpc) is 2.85. The van der Waals surface area contributed by atoms with Crippen molar-refractivity contribution >= 4 is 23.5 Å². The van der Waals surface area contributed by atoms with E-state index < -0.39 is 5.91 Å². The number of carbonyl (C=O) groups excluding carboxylic acids is 2. The number of nitrogens with zero attached hydrogens (tertiary/aromatic N) is 2. The molecule has 2 rings (SSSR count). The lowest BCUT2D eigenvalue weighted by molar-refractivity contribution is 0.1000. The quantitative estimate of drug-likeness (QED) is 0.838. The molecular formula is C17H21ClN4O2. The van der Waals surface area contributed by atoms with Crippen LogP contribution in [0.2, 0.25) is 5.02 Å². The van der Waals surface area contributed by atoms with Crippen molar-refractivity contribution in [1.82, 2.24) is 14.8 Å². The van der Waals surface area contributed by atoms with Crippen LogP contribution in [0.1, 0.15) is 21.6 Å². The third-order valence-corrected chi connectivity index (χ3v) is 3.93. The molecule has 1 heterocycles. The second-order valence-corrected chi connectivity index (χ2v) is 6.10. The summed E-state index contributed by atoms with van der Waals surface area (Å²) in [5, 5.41) is 3.50. The molecule has 24 heavy (non-hydrogen) atoms. The summed E-state index contributed by atoms with van der Waals surface area (Å²) in [7, 11) is 3.61. The number of nitrogens with one attached hydrogen (secondary N) is 1. The van der Waals surface area contributed by atoms with Crippen LogP contribution in [0.15, 0.2) is 36.5 Å². The molecule has 0 unspecified atom stereocenters. The summed E-state index contributed by atoms with van der Waals surface area (Å²) in [5.74, 6) is -0.457. The molecule has 1 aromatic heterocycles. The Balaban J connectivity index is 1.83. The molecule has 7 heteroatoms. The van der Waals surface area contributed by atoms with Gasteiger partial charge in [0.05, 0.1) is 11.6 Å². The first kappa shape index (κ1) is 17.9. The number of urea groups is 1. The molecule has 3 N–H and O–H groups in total. The fourth-order valence-electron chi connectivity index (χ4n) is 2.37. The Kier molecular flexibility index (Phi) is 5.87. The molecule has 0 aliphatic heterocycles. The van der Waals surface area contributed by atoms with Crippen molar-refractivity contribution in [3.8, 4) is 0 Å². The lowest BCUT2D eigenvalue weighted by Crippen LogP contribution is -2.38. The number of rotatable bonds is 6. The maximum absolute atomic E-state index is 12.1. The van der Waals surface area contributed by atoms with Crippen molar-refractivity contribution in [3.63, 3.8) is 0 Å². The van der Waals surface area contributed by atoms with Gasteiger partial charge in [0.15, 0.2) is 0 Å². The third kappa shape index (κ3) is 4.76. The first-order valence-electron chi connectivity index (χ1n) is 7.55. The monoisotopic (exact) mass is 348 g/mol. The fourth-order valence-corrected chi connectivity index (χ4v) is 2.64. The Morgan fingerprint density at radius 3 is 2.71 bits per heavy atom. The highest BCUT2D eigenvalue weighted by molar-refractivity contribution is 6.30. The van der Waals surface area contributed by atoms with Gasteiger partial charge >= 0.3 is 6.03 Å². The van der Waals surface area contributed by atoms with Crippen LogP contribution >= 0.6 is 11.6 Å². The first-order chi connectivity index (χ1) is 11.4. The van der Waals surface area contributed by atoms with Crippen LogP contribution in [0.4, 0.5) is 4.79 Å². The first-order valence-corrected chi connectivity index (χ1v) is 7.93. The third-order valence-electron chi connectivity index (χ3n) is 3.72. The van der Waals surface area contributed by atoms with Gasteiger partial charge in [0, 0.05) is 38.1 Å². The van der Waals surface area contributed by atoms with E-state index in [2.05, 4.69) is 5.32 Å². The van der Waals surface area contributed by atoms with E-state index in [0.717, 1.165) is 11.3 Å². The predicted octanol–water partition coefficient (Wildman–Crippen LogP) is 2.16. The largest absolute Gasteiger partial charge is 0.366 e. The smallest absolute Gasteiger partial charge is 0.317 e. The fraction of sp³-hybridized carbons (Fsp3) is 0.294. The molecule has 0 atom stereocenters. The Morgan fingerprint density at radius 2 is 2.08 bits per heavy atom. The zero-order valence-corrected chi connectivity index (χ0v) is 14.5. The Labute approximate surface area is 146 Å². The van der Waals surface area contributed by atoms with Crippen LogP contribution in [0.25, 0.3) is 0 Å². The van der Waals surface area contributed by atoms with Crippen LogP contribution in [0.3, 0.4) is 0 Å². The maximum atomic E-state index is 12.1. The molecule has 0 saturated carbocycles. The van der Waals surface area contributed by atoms with E-state index in [-0.39, 0.29) is 6.03 Å². The lowest BCUT2D eigenvalue weighted by Gasteiger charge is -2.18. The van der Waals surface area contributed by atoms with Crippen LogP contribution in [0.5, 0.6) is 0 Å². The standard InChI is InChI=1S/C17H21ClN4O2/c1-21-10-14(18)9-15(21)11-22(2)17(24)20-7-6-12-4-3-5-13(8-12)16(19)23/h3-5,8-10H,6-7,11H2,1-2H3,(H2,19,23)(H,20,24). The van der Waals surface area contributed by atoms with Crippen LogP contribution in [0, 0.1) is 0 Å². The minimum Gasteiger partial charge on any atom is -0.366 e. The van der Waals surface area contributed by atoms with Gasteiger partial charge in [0.1, 0.15) is 0 Å². The number of amides is 3. The zero-order valence-electron chi connectivity index (χ0n) is 13.8. The van der Waals surface area contributed by atoms with Crippen molar-refractivity contribution < 1.29 is 9.59 Å². The van der Waals surface area contributed by atoms with E-state index in [1.165, 1.54) is 0 Å². The van der Waals surface area contributed by atoms with E-state index >= 15 is 0 Å². The molecular weight excluding hydrogens is 328 g/mol. The Hall–Kier alpha value is -2.47. The van der Waals surface area contributed by atoms with Gasteiger partial charge in [-0.25, -0.2) is 4.79 Å². The number of primary amides is 1. The van der Waals surface area contributed by atoms with E-state index in [1.807, 2.05) is 23.7 Å². The number of hydrogen-bond donors (Lipinski definition) is 2. The predicted molar refractivity (Wildman–Crippen MR) is 94.0 cm³/mol. The number of carbonyl (C=O) groups is 2. The Bertz CT molecular complexity index is 742. The molecule has 2 aromatic rings. The van der Waals surface area contributed by atoms with E-state index in [4.69, 9.17) is 17.3 Å². The lowest BCUT2D eigenvalue weighted by atomic mass is 10.1. The second-order valence-electron chi connectivity index (χ2n) is 5.66. The van der Waals surface area contributed by atoms with Gasteiger partial charge in [-0.15, -0.1) is 0 Å². The summed E-state index contributed by atoms with van der Waals surface area (Å²) < 4.78 is 1.89. The van der Waals surface area contributed by atoms with Gasteiger partial charge in [-0.3, -0.25) is 4.79 Å². The molecule has 1 aromatic carbocycles. The van der Waals surface area contributed by atoms with Gasteiger partial charge < -0.3 is 20.5 Å². The molecule has 0 saturated heterocycles. The number of aromatic nitrogens is 1. The maximum Gasteiger partial charge on any atom is 0.317 e. The second kappa shape index (κ2) is 7.88. The van der Waals surface area contributed by atoms with Crippen molar-refractivity contribution in [2.75, 3.05) is 13.6 Å². The van der Waals surface area contributed by atoms with E-state index in [9.17, 15) is 9.59 Å². The minimum absolute atomic E-state index is 0.168. The highest BCUT2D eigenvalue weighted by atomic mass is 35.5. The SMILES string of the molecule is CN(Cc1cc(Cl)cn1C)C(=O)NCCc1cccc(C(N)=O)c1. The van der Waals surface area contributed by atoms with Crippen LogP contribution in [-0.4, -0.2) is 35.0 Å². The molecule has 0 aliphatic rings. The minimum atomic E-state index is -0.457. The van der Waals surface area contributed by atoms with Gasteiger partial charge in [-0.2, -0.15) is 0 Å². The summed E-state index contributed by atoms with van der Waals surface area (Å²) >= 11 is 5.94. The Morgan fingerprint density at radius 1 is 1.33 bits per heavy atom. The topological polar surface area (TPSA) is 80.4 Å². The summed E-state index contributed by atoms with van der Waals surface area (Å²) in [6, 6.07) is 8.75. The van der Waals surface area contributed by atoms with Crippen LogP contribution < -0.4 is 11.1 Å². The van der Waals surface area contributed by atoms with E-state index in [1.54, 1.807) is 36.3 Å². The van der Waals surface area contributed by atoms with E-state index in [0.29, 0.717) is 30.1 Å². The molecule has 3 amide bonds. The normalized spacial score (nSPS) is 10.5. The van der Waals surface area contributed by atoms with Gasteiger partial charge in [0.2, 0.25) is 5.91 Å². The average molecular weight is 349 g/mol. The number of benzene rings is 1. The zero-order chi connectivity index (χ0) is 17.7. The number of halogens is 1. The molecule has 0 aliphatic carbocycles. The van der Waals surface area contributed by atoms with Crippen molar-refractivity contribution in [1.29, 1.82) is 0 Å². The highest BCUT2D eigenvalue weighted by Crippen LogP contribution is 2.14. The molecule has 0 bridgehead atoms. The molecule has 128 valence electrons. The molecule has 0 fully saturated rings. The number of nitrogens with two attached hydrogens (primary N) is 1. The van der Waals surface area contributed by atoms with Crippen molar-refractivity contribution in [3.05, 3.63) is 58.4 Å². The number of hydrogen-bond acceptors (Lipinski definition) is 2. The summed E-state index contributed by atoms with van der Waals surface area (Å²) in [6.07, 6.45) is 2.42. The summed E-state index contributed by atoms with van der Waals surface area (Å²) in [5.41, 5.74) is 7.63. The van der Waals surface area contributed by atoms with Crippen molar-refractivity contribution in [2.45, 2.75) is 13.0 Å². The molecule has 6 nitrogen and oxygen atoms in total. The van der Waals surface area contributed by atoms with Gasteiger partial charge in [-0.05, 0) is 30.2 Å². The van der Waals surface area contributed by atoms with Gasteiger partial charge in [-0.1, -0.05) is 23.7 Å². The molecule has 0 radical (unpaired) electrons. The number of aryl methyl sites for hydroxylation is 1. The van der Waals surface area contributed by atoms with Gasteiger partial charge in [0.25, 0.3) is 0 Å². The summed E-state index contributed by atoms with van der Waals surface area (Å²) in [6.45, 7) is 0.936. The molecule has 0 spiro atoms.